The van der Waals surface area contributed by atoms with Gasteiger partial charge in [-0.2, -0.15) is 0 Å². The highest BCUT2D eigenvalue weighted by atomic mass is 16.5. The van der Waals surface area contributed by atoms with Crippen molar-refractivity contribution in [1.29, 1.82) is 0 Å². The number of anilines is 1. The molecule has 1 amide bonds. The Morgan fingerprint density at radius 2 is 2.00 bits per heavy atom. The molecule has 0 atom stereocenters. The zero-order valence-corrected chi connectivity index (χ0v) is 13.1. The molecule has 0 bridgehead atoms. The van der Waals surface area contributed by atoms with Gasteiger partial charge in [-0.05, 0) is 24.5 Å². The zero-order chi connectivity index (χ0) is 15.2. The van der Waals surface area contributed by atoms with Crippen LogP contribution in [0.15, 0.2) is 24.3 Å². The summed E-state index contributed by atoms with van der Waals surface area (Å²) < 4.78 is 5.33. The summed E-state index contributed by atoms with van der Waals surface area (Å²) in [7, 11) is 0. The first-order valence-electron chi connectivity index (χ1n) is 8.24. The molecular formula is C17H25N3O2. The van der Waals surface area contributed by atoms with Gasteiger partial charge in [-0.3, -0.25) is 9.69 Å². The third-order valence-corrected chi connectivity index (χ3v) is 4.40. The predicted octanol–water partition coefficient (Wildman–Crippen LogP) is 0.888. The van der Waals surface area contributed by atoms with E-state index in [1.165, 1.54) is 5.56 Å². The largest absolute Gasteiger partial charge is 0.379 e. The number of aryl methyl sites for hydroxylation is 1. The molecule has 2 heterocycles. The first-order chi connectivity index (χ1) is 10.8. The molecule has 3 rings (SSSR count). The summed E-state index contributed by atoms with van der Waals surface area (Å²) in [6.07, 6.45) is 2.13. The topological polar surface area (TPSA) is 44.8 Å². The molecule has 22 heavy (non-hydrogen) atoms. The van der Waals surface area contributed by atoms with E-state index in [4.69, 9.17) is 4.74 Å². The number of nitrogens with one attached hydrogen (secondary N) is 1. The van der Waals surface area contributed by atoms with E-state index in [-0.39, 0.29) is 5.91 Å². The second-order valence-corrected chi connectivity index (χ2v) is 5.91. The van der Waals surface area contributed by atoms with Crippen molar-refractivity contribution in [3.63, 3.8) is 0 Å². The Labute approximate surface area is 132 Å². The number of ether oxygens (including phenoxy) is 1. The molecule has 1 fully saturated rings. The number of benzene rings is 1. The summed E-state index contributed by atoms with van der Waals surface area (Å²) >= 11 is 0. The van der Waals surface area contributed by atoms with Crippen LogP contribution in [0.25, 0.3) is 0 Å². The molecule has 1 aromatic carbocycles. The van der Waals surface area contributed by atoms with E-state index >= 15 is 0 Å². The minimum Gasteiger partial charge on any atom is -0.379 e. The van der Waals surface area contributed by atoms with Gasteiger partial charge in [-0.25, -0.2) is 0 Å². The molecular weight excluding hydrogens is 278 g/mol. The number of carbonyl (C=O) groups is 1. The first kappa shape index (κ1) is 15.5. The molecule has 5 heteroatoms. The van der Waals surface area contributed by atoms with Gasteiger partial charge in [0.25, 0.3) is 0 Å². The number of carbonyl (C=O) groups excluding carboxylic acids is 1. The number of amides is 1. The Bertz CT molecular complexity index is 500. The van der Waals surface area contributed by atoms with Gasteiger partial charge in [0.1, 0.15) is 0 Å². The molecule has 2 aliphatic rings. The van der Waals surface area contributed by atoms with Crippen molar-refractivity contribution in [1.82, 2.24) is 10.2 Å². The highest BCUT2D eigenvalue weighted by Gasteiger charge is 2.21. The zero-order valence-electron chi connectivity index (χ0n) is 13.1. The molecule has 0 aliphatic carbocycles. The molecule has 2 aliphatic heterocycles. The van der Waals surface area contributed by atoms with Gasteiger partial charge in [0, 0.05) is 38.4 Å². The maximum absolute atomic E-state index is 12.4. The van der Waals surface area contributed by atoms with Crippen molar-refractivity contribution in [2.24, 2.45) is 0 Å². The second kappa shape index (κ2) is 7.72. The normalized spacial score (nSPS) is 19.0. The van der Waals surface area contributed by atoms with Crippen LogP contribution >= 0.6 is 0 Å². The summed E-state index contributed by atoms with van der Waals surface area (Å²) in [4.78, 5) is 16.7. The molecule has 0 spiro atoms. The van der Waals surface area contributed by atoms with Crippen molar-refractivity contribution in [2.45, 2.75) is 12.8 Å². The minimum atomic E-state index is 0.175. The van der Waals surface area contributed by atoms with Gasteiger partial charge in [0.05, 0.1) is 19.8 Å². The number of fused-ring (bicyclic) bond motifs is 1. The predicted molar refractivity (Wildman–Crippen MR) is 87.2 cm³/mol. The number of morpholine rings is 1. The van der Waals surface area contributed by atoms with Gasteiger partial charge in [0.2, 0.25) is 5.91 Å². The Morgan fingerprint density at radius 1 is 1.18 bits per heavy atom. The van der Waals surface area contributed by atoms with E-state index in [9.17, 15) is 4.79 Å². The Hall–Kier alpha value is -1.43. The summed E-state index contributed by atoms with van der Waals surface area (Å²) in [5.41, 5.74) is 2.38. The van der Waals surface area contributed by atoms with Crippen molar-refractivity contribution in [2.75, 3.05) is 57.4 Å². The fraction of sp³-hybridized carbons (Fsp3) is 0.588. The number of hydrogen-bond donors (Lipinski definition) is 1. The fourth-order valence-electron chi connectivity index (χ4n) is 3.15. The van der Waals surface area contributed by atoms with Crippen LogP contribution in [0.4, 0.5) is 5.69 Å². The van der Waals surface area contributed by atoms with E-state index in [0.717, 1.165) is 64.5 Å². The molecule has 1 N–H and O–H groups in total. The van der Waals surface area contributed by atoms with Gasteiger partial charge in [0.15, 0.2) is 0 Å². The summed E-state index contributed by atoms with van der Waals surface area (Å²) in [6.45, 7) is 6.71. The molecule has 0 saturated carbocycles. The fourth-order valence-corrected chi connectivity index (χ4v) is 3.15. The van der Waals surface area contributed by atoms with E-state index in [0.29, 0.717) is 6.54 Å². The van der Waals surface area contributed by atoms with E-state index in [1.807, 2.05) is 17.0 Å². The molecule has 5 nitrogen and oxygen atoms in total. The molecule has 120 valence electrons. The average Bonchev–Trinajstić information content (AvgIpc) is 2.59. The van der Waals surface area contributed by atoms with Crippen LogP contribution in [0.1, 0.15) is 12.0 Å². The van der Waals surface area contributed by atoms with E-state index in [2.05, 4.69) is 22.3 Å². The van der Waals surface area contributed by atoms with E-state index < -0.39 is 0 Å². The van der Waals surface area contributed by atoms with Crippen molar-refractivity contribution < 1.29 is 9.53 Å². The Kier molecular flexibility index (Phi) is 5.43. The molecule has 1 saturated heterocycles. The number of rotatable bonds is 5. The van der Waals surface area contributed by atoms with Crippen molar-refractivity contribution >= 4 is 11.6 Å². The van der Waals surface area contributed by atoms with Gasteiger partial charge >= 0.3 is 0 Å². The van der Waals surface area contributed by atoms with Gasteiger partial charge in [-0.1, -0.05) is 18.2 Å². The SMILES string of the molecule is O=C(CNCCN1CCOCC1)N1CCCc2ccccc21. The summed E-state index contributed by atoms with van der Waals surface area (Å²) in [5, 5.41) is 3.29. The molecule has 1 aromatic rings. The Balaban J connectivity index is 1.44. The first-order valence-corrected chi connectivity index (χ1v) is 8.24. The Morgan fingerprint density at radius 3 is 2.86 bits per heavy atom. The monoisotopic (exact) mass is 303 g/mol. The van der Waals surface area contributed by atoms with Crippen LogP contribution in [-0.2, 0) is 16.0 Å². The summed E-state index contributed by atoms with van der Waals surface area (Å²) in [6, 6.07) is 8.24. The third-order valence-electron chi connectivity index (χ3n) is 4.40. The van der Waals surface area contributed by atoms with Crippen LogP contribution in [0.2, 0.25) is 0 Å². The number of nitrogens with zero attached hydrogens (tertiary/aromatic N) is 2. The van der Waals surface area contributed by atoms with Crippen LogP contribution in [-0.4, -0.2) is 63.3 Å². The molecule has 0 unspecified atom stereocenters. The van der Waals surface area contributed by atoms with Crippen LogP contribution < -0.4 is 10.2 Å². The van der Waals surface area contributed by atoms with Crippen molar-refractivity contribution in [3.05, 3.63) is 29.8 Å². The van der Waals surface area contributed by atoms with Crippen LogP contribution in [0.3, 0.4) is 0 Å². The lowest BCUT2D eigenvalue weighted by Gasteiger charge is -2.30. The standard InChI is InChI=1S/C17H25N3O2/c21-17(14-18-7-9-19-10-12-22-13-11-19)20-8-3-5-15-4-1-2-6-16(15)20/h1-2,4,6,18H,3,5,7-14H2. The lowest BCUT2D eigenvalue weighted by Crippen LogP contribution is -2.44. The highest BCUT2D eigenvalue weighted by Crippen LogP contribution is 2.26. The van der Waals surface area contributed by atoms with Gasteiger partial charge in [-0.15, -0.1) is 0 Å². The van der Waals surface area contributed by atoms with Crippen LogP contribution in [0, 0.1) is 0 Å². The minimum absolute atomic E-state index is 0.175. The maximum Gasteiger partial charge on any atom is 0.240 e. The quantitative estimate of drug-likeness (QED) is 0.821. The highest BCUT2D eigenvalue weighted by molar-refractivity contribution is 5.95. The van der Waals surface area contributed by atoms with Crippen LogP contribution in [0.5, 0.6) is 0 Å². The lowest BCUT2D eigenvalue weighted by molar-refractivity contribution is -0.117. The molecule has 0 aromatic heterocycles. The maximum atomic E-state index is 12.4. The number of hydrogen-bond acceptors (Lipinski definition) is 4. The molecule has 0 radical (unpaired) electrons. The average molecular weight is 303 g/mol. The lowest BCUT2D eigenvalue weighted by atomic mass is 10.0. The second-order valence-electron chi connectivity index (χ2n) is 5.91. The van der Waals surface area contributed by atoms with E-state index in [1.54, 1.807) is 0 Å². The summed E-state index contributed by atoms with van der Waals surface area (Å²) in [5.74, 6) is 0.175. The van der Waals surface area contributed by atoms with Crippen molar-refractivity contribution in [3.8, 4) is 0 Å². The smallest absolute Gasteiger partial charge is 0.240 e. The number of para-hydroxylation sites is 1. The van der Waals surface area contributed by atoms with Gasteiger partial charge < -0.3 is 15.0 Å². The third kappa shape index (κ3) is 3.85.